The number of imidazole rings is 1. The molecule has 3 heterocycles. The van der Waals surface area contributed by atoms with Crippen molar-refractivity contribution >= 4 is 11.6 Å². The first-order chi connectivity index (χ1) is 13.8. The van der Waals surface area contributed by atoms with Gasteiger partial charge in [0.15, 0.2) is 0 Å². The molecule has 1 aromatic carbocycles. The van der Waals surface area contributed by atoms with E-state index in [0.717, 1.165) is 35.4 Å². The van der Waals surface area contributed by atoms with Crippen LogP contribution in [-0.2, 0) is 11.2 Å². The minimum Gasteiger partial charge on any atom is -0.337 e. The molecule has 1 aliphatic rings. The van der Waals surface area contributed by atoms with Crippen molar-refractivity contribution in [2.24, 2.45) is 0 Å². The Hall–Kier alpha value is -2.62. The number of aryl methyl sites for hydroxylation is 3. The number of benzene rings is 1. The van der Waals surface area contributed by atoms with Gasteiger partial charge in [-0.3, -0.25) is 4.79 Å². The Labute approximate surface area is 173 Å². The van der Waals surface area contributed by atoms with Gasteiger partial charge in [-0.15, -0.1) is 0 Å². The van der Waals surface area contributed by atoms with Crippen molar-refractivity contribution in [3.05, 3.63) is 58.9 Å². The number of amides is 1. The van der Waals surface area contributed by atoms with Gasteiger partial charge in [0.25, 0.3) is 0 Å². The molecule has 2 aromatic heterocycles. The molecular weight excluding hydrogens is 358 g/mol. The largest absolute Gasteiger partial charge is 0.337 e. The van der Waals surface area contributed by atoms with Crippen LogP contribution in [0, 0.1) is 20.8 Å². The lowest BCUT2D eigenvalue weighted by Gasteiger charge is -2.39. The normalized spacial score (nSPS) is 19.7. The molecule has 2 atom stereocenters. The van der Waals surface area contributed by atoms with Crippen molar-refractivity contribution < 1.29 is 4.79 Å². The Morgan fingerprint density at radius 2 is 1.76 bits per heavy atom. The summed E-state index contributed by atoms with van der Waals surface area (Å²) in [6, 6.07) is 11.2. The third-order valence-corrected chi connectivity index (χ3v) is 6.46. The van der Waals surface area contributed by atoms with Crippen LogP contribution in [0.3, 0.4) is 0 Å². The van der Waals surface area contributed by atoms with Gasteiger partial charge < -0.3 is 9.30 Å². The predicted molar refractivity (Wildman–Crippen MR) is 118 cm³/mol. The van der Waals surface area contributed by atoms with Gasteiger partial charge in [0, 0.05) is 23.8 Å². The zero-order valence-electron chi connectivity index (χ0n) is 18.2. The van der Waals surface area contributed by atoms with Gasteiger partial charge in [-0.1, -0.05) is 12.1 Å². The molecule has 3 aromatic rings. The molecule has 4 rings (SSSR count). The second-order valence-electron chi connectivity index (χ2n) is 8.75. The number of carbonyl (C=O) groups is 1. The van der Waals surface area contributed by atoms with Crippen molar-refractivity contribution in [3.8, 4) is 11.3 Å². The fraction of sp³-hybridized carbons (Fsp3) is 0.440. The van der Waals surface area contributed by atoms with Gasteiger partial charge in [0.1, 0.15) is 5.65 Å². The standard InChI is InChI=1S/C25H31N3O/c1-16-11-12-27-22(15-24(29)28-19(4)7-6-8-20(28)5)25(26-23(27)13-16)21-10-9-17(2)18(3)14-21/h9-14,19-20H,6-8,15H2,1-5H3. The maximum atomic E-state index is 13.4. The Morgan fingerprint density at radius 1 is 1.03 bits per heavy atom. The van der Waals surface area contributed by atoms with Gasteiger partial charge in [-0.05, 0) is 88.8 Å². The molecule has 1 aliphatic heterocycles. The summed E-state index contributed by atoms with van der Waals surface area (Å²) in [7, 11) is 0. The van der Waals surface area contributed by atoms with Crippen molar-refractivity contribution in [2.45, 2.75) is 72.4 Å². The summed E-state index contributed by atoms with van der Waals surface area (Å²) in [6.07, 6.45) is 5.81. The molecule has 0 spiro atoms. The predicted octanol–water partition coefficient (Wildman–Crippen LogP) is 5.26. The van der Waals surface area contributed by atoms with Crippen LogP contribution in [0.1, 0.15) is 55.5 Å². The van der Waals surface area contributed by atoms with E-state index in [1.807, 2.05) is 6.20 Å². The minimum absolute atomic E-state index is 0.206. The zero-order valence-corrected chi connectivity index (χ0v) is 18.2. The van der Waals surface area contributed by atoms with Crippen LogP contribution >= 0.6 is 0 Å². The first kappa shape index (κ1) is 19.7. The number of rotatable bonds is 3. The third-order valence-electron chi connectivity index (χ3n) is 6.46. The lowest BCUT2D eigenvalue weighted by molar-refractivity contribution is -0.136. The number of likely N-dealkylation sites (tertiary alicyclic amines) is 1. The van der Waals surface area contributed by atoms with E-state index in [9.17, 15) is 4.79 Å². The van der Waals surface area contributed by atoms with Crippen LogP contribution in [0.5, 0.6) is 0 Å². The highest BCUT2D eigenvalue weighted by Gasteiger charge is 2.30. The van der Waals surface area contributed by atoms with Crippen LogP contribution in [-0.4, -0.2) is 32.3 Å². The van der Waals surface area contributed by atoms with Crippen molar-refractivity contribution in [3.63, 3.8) is 0 Å². The van der Waals surface area contributed by atoms with E-state index < -0.39 is 0 Å². The number of carbonyl (C=O) groups excluding carboxylic acids is 1. The Morgan fingerprint density at radius 3 is 2.45 bits per heavy atom. The summed E-state index contributed by atoms with van der Waals surface area (Å²) in [6.45, 7) is 10.7. The number of fused-ring (bicyclic) bond motifs is 1. The average molecular weight is 390 g/mol. The molecular formula is C25H31N3O. The molecule has 2 unspecified atom stereocenters. The fourth-order valence-electron chi connectivity index (χ4n) is 4.63. The molecule has 4 heteroatoms. The van der Waals surface area contributed by atoms with Gasteiger partial charge in [0.05, 0.1) is 17.8 Å². The van der Waals surface area contributed by atoms with Crippen molar-refractivity contribution in [1.82, 2.24) is 14.3 Å². The zero-order chi connectivity index (χ0) is 20.7. The summed E-state index contributed by atoms with van der Waals surface area (Å²) >= 11 is 0. The first-order valence-electron chi connectivity index (χ1n) is 10.7. The van der Waals surface area contributed by atoms with Crippen LogP contribution in [0.25, 0.3) is 16.9 Å². The Bertz CT molecular complexity index is 1060. The van der Waals surface area contributed by atoms with Crippen molar-refractivity contribution in [2.75, 3.05) is 0 Å². The number of hydrogen-bond acceptors (Lipinski definition) is 2. The average Bonchev–Trinajstić information content (AvgIpc) is 3.01. The van der Waals surface area contributed by atoms with E-state index in [0.29, 0.717) is 18.5 Å². The van der Waals surface area contributed by atoms with Gasteiger partial charge >= 0.3 is 0 Å². The molecule has 29 heavy (non-hydrogen) atoms. The highest BCUT2D eigenvalue weighted by atomic mass is 16.2. The molecule has 0 N–H and O–H groups in total. The second-order valence-corrected chi connectivity index (χ2v) is 8.75. The SMILES string of the molecule is Cc1ccn2c(CC(=O)N3C(C)CCCC3C)c(-c3ccc(C)c(C)c3)nc2c1. The van der Waals surface area contributed by atoms with E-state index in [2.05, 4.69) is 74.3 Å². The number of piperidine rings is 1. The molecule has 1 fully saturated rings. The summed E-state index contributed by atoms with van der Waals surface area (Å²) < 4.78 is 2.09. The quantitative estimate of drug-likeness (QED) is 0.613. The summed E-state index contributed by atoms with van der Waals surface area (Å²) in [5, 5.41) is 0. The smallest absolute Gasteiger partial charge is 0.229 e. The second kappa shape index (κ2) is 7.66. The minimum atomic E-state index is 0.206. The molecule has 152 valence electrons. The Kier molecular flexibility index (Phi) is 5.20. The van der Waals surface area contributed by atoms with Crippen LogP contribution in [0.4, 0.5) is 0 Å². The van der Waals surface area contributed by atoms with E-state index in [1.165, 1.54) is 23.1 Å². The lowest BCUT2D eigenvalue weighted by Crippen LogP contribution is -2.48. The number of pyridine rings is 1. The Balaban J connectivity index is 1.79. The van der Waals surface area contributed by atoms with E-state index in [1.54, 1.807) is 0 Å². The number of nitrogens with zero attached hydrogens (tertiary/aromatic N) is 3. The molecule has 0 aliphatic carbocycles. The molecule has 1 saturated heterocycles. The third kappa shape index (κ3) is 3.68. The highest BCUT2D eigenvalue weighted by Crippen LogP contribution is 2.29. The molecule has 0 radical (unpaired) electrons. The first-order valence-corrected chi connectivity index (χ1v) is 10.7. The van der Waals surface area contributed by atoms with Gasteiger partial charge in [-0.2, -0.15) is 0 Å². The molecule has 1 amide bonds. The summed E-state index contributed by atoms with van der Waals surface area (Å²) in [5.74, 6) is 0.206. The van der Waals surface area contributed by atoms with Gasteiger partial charge in [-0.25, -0.2) is 4.98 Å². The van der Waals surface area contributed by atoms with Gasteiger partial charge in [0.2, 0.25) is 5.91 Å². The number of hydrogen-bond donors (Lipinski definition) is 0. The highest BCUT2D eigenvalue weighted by molar-refractivity contribution is 5.82. The topological polar surface area (TPSA) is 37.6 Å². The molecule has 0 bridgehead atoms. The summed E-state index contributed by atoms with van der Waals surface area (Å²) in [5.41, 5.74) is 7.57. The lowest BCUT2D eigenvalue weighted by atomic mass is 9.96. The maximum absolute atomic E-state index is 13.4. The van der Waals surface area contributed by atoms with Crippen molar-refractivity contribution in [1.29, 1.82) is 0 Å². The monoisotopic (exact) mass is 389 g/mol. The summed E-state index contributed by atoms with van der Waals surface area (Å²) in [4.78, 5) is 20.4. The van der Waals surface area contributed by atoms with Crippen LogP contribution in [0.2, 0.25) is 0 Å². The van der Waals surface area contributed by atoms with Crippen LogP contribution < -0.4 is 0 Å². The molecule has 4 nitrogen and oxygen atoms in total. The molecule has 0 saturated carbocycles. The number of aromatic nitrogens is 2. The van der Waals surface area contributed by atoms with E-state index in [4.69, 9.17) is 4.98 Å². The van der Waals surface area contributed by atoms with Crippen LogP contribution in [0.15, 0.2) is 36.5 Å². The maximum Gasteiger partial charge on any atom is 0.229 e. The fourth-order valence-corrected chi connectivity index (χ4v) is 4.63. The van der Waals surface area contributed by atoms with E-state index >= 15 is 0 Å². The van der Waals surface area contributed by atoms with E-state index in [-0.39, 0.29) is 5.91 Å².